The van der Waals surface area contributed by atoms with Crippen LogP contribution in [0.4, 0.5) is 0 Å². The van der Waals surface area contributed by atoms with Crippen LogP contribution in [0.15, 0.2) is 48.5 Å². The first-order valence-corrected chi connectivity index (χ1v) is 9.93. The molecule has 2 aromatic rings. The zero-order valence-corrected chi connectivity index (χ0v) is 16.8. The molecule has 0 aromatic heterocycles. The van der Waals surface area contributed by atoms with E-state index in [-0.39, 0.29) is 5.91 Å². The Bertz CT molecular complexity index is 755. The van der Waals surface area contributed by atoms with Gasteiger partial charge >= 0.3 is 0 Å². The predicted molar refractivity (Wildman–Crippen MR) is 111 cm³/mol. The van der Waals surface area contributed by atoms with Crippen LogP contribution in [0.5, 0.6) is 5.75 Å². The molecule has 0 bridgehead atoms. The monoisotopic (exact) mass is 382 g/mol. The van der Waals surface area contributed by atoms with E-state index >= 15 is 0 Å². The summed E-state index contributed by atoms with van der Waals surface area (Å²) in [4.78, 5) is 15.1. The van der Waals surface area contributed by atoms with Crippen molar-refractivity contribution < 1.29 is 14.3 Å². The Balaban J connectivity index is 1.76. The van der Waals surface area contributed by atoms with E-state index in [1.54, 1.807) is 14.2 Å². The van der Waals surface area contributed by atoms with Crippen molar-refractivity contribution in [2.24, 2.45) is 0 Å². The van der Waals surface area contributed by atoms with Crippen molar-refractivity contribution in [3.05, 3.63) is 65.2 Å². The van der Waals surface area contributed by atoms with Crippen molar-refractivity contribution in [1.29, 1.82) is 0 Å². The lowest BCUT2D eigenvalue weighted by Crippen LogP contribution is -2.33. The van der Waals surface area contributed by atoms with Crippen LogP contribution in [0.1, 0.15) is 40.2 Å². The molecule has 1 saturated heterocycles. The minimum absolute atomic E-state index is 0.0403. The van der Waals surface area contributed by atoms with Crippen LogP contribution in [-0.2, 0) is 11.3 Å². The number of hydrogen-bond acceptors (Lipinski definition) is 4. The fourth-order valence-electron chi connectivity index (χ4n) is 3.65. The smallest absolute Gasteiger partial charge is 0.254 e. The number of ether oxygens (including phenoxy) is 2. The fourth-order valence-corrected chi connectivity index (χ4v) is 3.65. The van der Waals surface area contributed by atoms with E-state index < -0.39 is 0 Å². The van der Waals surface area contributed by atoms with Gasteiger partial charge in [0.2, 0.25) is 0 Å². The van der Waals surface area contributed by atoms with E-state index in [1.807, 2.05) is 41.3 Å². The van der Waals surface area contributed by atoms with Crippen molar-refractivity contribution >= 4 is 5.91 Å². The number of rotatable bonds is 8. The van der Waals surface area contributed by atoms with Gasteiger partial charge in [0.15, 0.2) is 0 Å². The van der Waals surface area contributed by atoms with Crippen LogP contribution in [0.25, 0.3) is 0 Å². The summed E-state index contributed by atoms with van der Waals surface area (Å²) in [6, 6.07) is 15.9. The molecule has 0 aliphatic carbocycles. The summed E-state index contributed by atoms with van der Waals surface area (Å²) in [5, 5.41) is 3.45. The van der Waals surface area contributed by atoms with Gasteiger partial charge in [0.05, 0.1) is 13.7 Å². The molecule has 28 heavy (non-hydrogen) atoms. The highest BCUT2D eigenvalue weighted by Crippen LogP contribution is 2.24. The molecule has 3 rings (SSSR count). The number of nitrogens with one attached hydrogen (secondary N) is 1. The van der Waals surface area contributed by atoms with Gasteiger partial charge in [-0.1, -0.05) is 24.3 Å². The third-order valence-electron chi connectivity index (χ3n) is 5.29. The molecule has 2 aromatic carbocycles. The molecule has 0 spiro atoms. The van der Waals surface area contributed by atoms with Gasteiger partial charge in [-0.15, -0.1) is 0 Å². The minimum atomic E-state index is 0.0403. The molecule has 1 aliphatic rings. The molecule has 1 atom stereocenters. The molecule has 5 nitrogen and oxygen atoms in total. The molecule has 0 radical (unpaired) electrons. The maximum atomic E-state index is 13.2. The third-order valence-corrected chi connectivity index (χ3v) is 5.29. The summed E-state index contributed by atoms with van der Waals surface area (Å²) in [5.41, 5.74) is 3.06. The predicted octanol–water partition coefficient (Wildman–Crippen LogP) is 3.45. The lowest BCUT2D eigenvalue weighted by Gasteiger charge is -2.25. The molecule has 1 heterocycles. The number of piperidine rings is 1. The standard InChI is InChI=1S/C23H30N2O3/c1-27-14-13-25(17-18-8-10-22(28-2)11-9-18)23(26)20-6-3-5-19(15-20)21-7-4-12-24-16-21/h3,5-6,8-11,15,21,24H,4,7,12-14,16-17H2,1-2H3/t21-/m1/s1. The van der Waals surface area contributed by atoms with Gasteiger partial charge in [0, 0.05) is 32.3 Å². The quantitative estimate of drug-likeness (QED) is 0.760. The van der Waals surface area contributed by atoms with Gasteiger partial charge in [-0.25, -0.2) is 0 Å². The molecule has 1 aliphatic heterocycles. The van der Waals surface area contributed by atoms with Gasteiger partial charge in [-0.2, -0.15) is 0 Å². The van der Waals surface area contributed by atoms with Crippen molar-refractivity contribution in [2.75, 3.05) is 40.5 Å². The topological polar surface area (TPSA) is 50.8 Å². The lowest BCUT2D eigenvalue weighted by molar-refractivity contribution is 0.0680. The van der Waals surface area contributed by atoms with E-state index in [1.165, 1.54) is 18.4 Å². The summed E-state index contributed by atoms with van der Waals surface area (Å²) in [6.45, 7) is 3.67. The molecule has 150 valence electrons. The van der Waals surface area contributed by atoms with E-state index in [9.17, 15) is 4.79 Å². The zero-order valence-electron chi connectivity index (χ0n) is 16.8. The van der Waals surface area contributed by atoms with Crippen molar-refractivity contribution in [3.8, 4) is 5.75 Å². The first-order valence-electron chi connectivity index (χ1n) is 9.93. The van der Waals surface area contributed by atoms with Gasteiger partial charge in [0.25, 0.3) is 5.91 Å². The van der Waals surface area contributed by atoms with Crippen LogP contribution in [-0.4, -0.2) is 51.3 Å². The number of hydrogen-bond donors (Lipinski definition) is 1. The zero-order chi connectivity index (χ0) is 19.8. The Morgan fingerprint density at radius 2 is 2.00 bits per heavy atom. The Kier molecular flexibility index (Phi) is 7.46. The van der Waals surface area contributed by atoms with Gasteiger partial charge in [-0.3, -0.25) is 4.79 Å². The fraction of sp³-hybridized carbons (Fsp3) is 0.435. The highest BCUT2D eigenvalue weighted by molar-refractivity contribution is 5.94. The average molecular weight is 383 g/mol. The largest absolute Gasteiger partial charge is 0.497 e. The maximum Gasteiger partial charge on any atom is 0.254 e. The first-order chi connectivity index (χ1) is 13.7. The van der Waals surface area contributed by atoms with Crippen LogP contribution in [0, 0.1) is 0 Å². The minimum Gasteiger partial charge on any atom is -0.497 e. The lowest BCUT2D eigenvalue weighted by atomic mass is 9.90. The number of nitrogens with zero attached hydrogens (tertiary/aromatic N) is 1. The Labute approximate surface area is 167 Å². The van der Waals surface area contributed by atoms with Crippen LogP contribution in [0.3, 0.4) is 0 Å². The van der Waals surface area contributed by atoms with E-state index in [0.29, 0.717) is 25.6 Å². The van der Waals surface area contributed by atoms with E-state index in [2.05, 4.69) is 17.4 Å². The molecule has 1 N–H and O–H groups in total. The van der Waals surface area contributed by atoms with E-state index in [4.69, 9.17) is 9.47 Å². The molecule has 0 saturated carbocycles. The Hall–Kier alpha value is -2.37. The van der Waals surface area contributed by atoms with Crippen molar-refractivity contribution in [2.45, 2.75) is 25.3 Å². The summed E-state index contributed by atoms with van der Waals surface area (Å²) >= 11 is 0. The number of amides is 1. The average Bonchev–Trinajstić information content (AvgIpc) is 2.77. The van der Waals surface area contributed by atoms with Crippen LogP contribution >= 0.6 is 0 Å². The summed E-state index contributed by atoms with van der Waals surface area (Å²) in [5.74, 6) is 1.33. The Morgan fingerprint density at radius 3 is 2.68 bits per heavy atom. The van der Waals surface area contributed by atoms with E-state index in [0.717, 1.165) is 30.0 Å². The molecule has 5 heteroatoms. The van der Waals surface area contributed by atoms with Gasteiger partial charge in [0.1, 0.15) is 5.75 Å². The molecule has 1 fully saturated rings. The van der Waals surface area contributed by atoms with Crippen LogP contribution < -0.4 is 10.1 Å². The SMILES string of the molecule is COCCN(Cc1ccc(OC)cc1)C(=O)c1cccc([C@@H]2CCCNC2)c1. The molecule has 1 amide bonds. The second-order valence-corrected chi connectivity index (χ2v) is 7.24. The van der Waals surface area contributed by atoms with Gasteiger partial charge < -0.3 is 19.7 Å². The second-order valence-electron chi connectivity index (χ2n) is 7.24. The number of carbonyl (C=O) groups is 1. The summed E-state index contributed by atoms with van der Waals surface area (Å²) in [7, 11) is 3.31. The number of carbonyl (C=O) groups excluding carboxylic acids is 1. The van der Waals surface area contributed by atoms with Crippen LogP contribution in [0.2, 0.25) is 0 Å². The molecular formula is C23H30N2O3. The maximum absolute atomic E-state index is 13.2. The summed E-state index contributed by atoms with van der Waals surface area (Å²) < 4.78 is 10.5. The Morgan fingerprint density at radius 1 is 1.18 bits per heavy atom. The normalized spacial score (nSPS) is 16.6. The van der Waals surface area contributed by atoms with Crippen molar-refractivity contribution in [3.63, 3.8) is 0 Å². The first kappa shape index (κ1) is 20.4. The van der Waals surface area contributed by atoms with Crippen molar-refractivity contribution in [1.82, 2.24) is 10.2 Å². The number of benzene rings is 2. The summed E-state index contributed by atoms with van der Waals surface area (Å²) in [6.07, 6.45) is 2.35. The number of methoxy groups -OCH3 is 2. The molecule has 0 unspecified atom stereocenters. The highest BCUT2D eigenvalue weighted by Gasteiger charge is 2.20. The molecular weight excluding hydrogens is 352 g/mol. The third kappa shape index (κ3) is 5.33. The van der Waals surface area contributed by atoms with Gasteiger partial charge in [-0.05, 0) is 60.7 Å². The second kappa shape index (κ2) is 10.2. The highest BCUT2D eigenvalue weighted by atomic mass is 16.5.